The monoisotopic (exact) mass is 329 g/mol. The summed E-state index contributed by atoms with van der Waals surface area (Å²) in [4.78, 5) is 4.69. The van der Waals surface area contributed by atoms with Crippen LogP contribution in [0.15, 0.2) is 36.7 Å². The van der Waals surface area contributed by atoms with Crippen molar-refractivity contribution in [2.45, 2.75) is 13.5 Å². The molecule has 0 aliphatic carbocycles. The highest BCUT2D eigenvalue weighted by atomic mass is 32.1. The molecular weight excluding hydrogens is 306 g/mol. The van der Waals surface area contributed by atoms with E-state index in [2.05, 4.69) is 57.6 Å². The Kier molecular flexibility index (Phi) is 4.93. The van der Waals surface area contributed by atoms with Gasteiger partial charge in [0.1, 0.15) is 0 Å². The number of nitrogens with one attached hydrogen (secondary N) is 1. The molecule has 0 saturated carbocycles. The van der Waals surface area contributed by atoms with E-state index in [9.17, 15) is 0 Å². The smallest absolute Gasteiger partial charge is 0.173 e. The van der Waals surface area contributed by atoms with Gasteiger partial charge >= 0.3 is 0 Å². The van der Waals surface area contributed by atoms with E-state index in [0.29, 0.717) is 0 Å². The van der Waals surface area contributed by atoms with Gasteiger partial charge in [0.15, 0.2) is 5.11 Å². The van der Waals surface area contributed by atoms with Gasteiger partial charge in [0.05, 0.1) is 6.20 Å². The van der Waals surface area contributed by atoms with Crippen LogP contribution >= 0.6 is 12.2 Å². The number of benzene rings is 1. The van der Waals surface area contributed by atoms with Crippen molar-refractivity contribution in [1.82, 2.24) is 19.6 Å². The molecule has 0 atom stereocenters. The van der Waals surface area contributed by atoms with Crippen LogP contribution in [0.3, 0.4) is 0 Å². The molecule has 3 rings (SSSR count). The van der Waals surface area contributed by atoms with Gasteiger partial charge in [-0.3, -0.25) is 9.58 Å². The molecule has 2 aromatic rings. The van der Waals surface area contributed by atoms with Crippen molar-refractivity contribution in [2.75, 3.05) is 31.5 Å². The molecular formula is C17H23N5S. The fourth-order valence-electron chi connectivity index (χ4n) is 2.76. The first kappa shape index (κ1) is 16.0. The van der Waals surface area contributed by atoms with Gasteiger partial charge in [0.25, 0.3) is 0 Å². The molecule has 1 aliphatic rings. The van der Waals surface area contributed by atoms with Gasteiger partial charge in [-0.2, -0.15) is 5.10 Å². The molecule has 1 aliphatic heterocycles. The van der Waals surface area contributed by atoms with Gasteiger partial charge in [-0.05, 0) is 31.3 Å². The van der Waals surface area contributed by atoms with E-state index in [1.165, 1.54) is 11.1 Å². The molecule has 23 heavy (non-hydrogen) atoms. The highest BCUT2D eigenvalue weighted by Gasteiger charge is 2.19. The molecule has 1 N–H and O–H groups in total. The van der Waals surface area contributed by atoms with E-state index in [1.54, 1.807) is 0 Å². The highest BCUT2D eigenvalue weighted by Crippen LogP contribution is 2.12. The standard InChI is InChI=1S/C17H23N5S/c1-14-3-5-16(6-4-14)19-17(23)22-9-7-21(8-10-22)13-15-11-18-20(2)12-15/h3-6,11-12H,7-10,13H2,1-2H3,(H,19,23). The Labute approximate surface area is 142 Å². The summed E-state index contributed by atoms with van der Waals surface area (Å²) in [6.45, 7) is 6.99. The Hall–Kier alpha value is -1.92. The second kappa shape index (κ2) is 7.10. The van der Waals surface area contributed by atoms with E-state index >= 15 is 0 Å². The van der Waals surface area contributed by atoms with Crippen LogP contribution in [-0.2, 0) is 13.6 Å². The normalized spacial score (nSPS) is 15.7. The van der Waals surface area contributed by atoms with E-state index in [4.69, 9.17) is 12.2 Å². The lowest BCUT2D eigenvalue weighted by molar-refractivity contribution is 0.177. The topological polar surface area (TPSA) is 36.3 Å². The largest absolute Gasteiger partial charge is 0.346 e. The Bertz CT molecular complexity index is 656. The average Bonchev–Trinajstić information content (AvgIpc) is 2.95. The Morgan fingerprint density at radius 2 is 1.87 bits per heavy atom. The maximum absolute atomic E-state index is 5.54. The third-order valence-corrected chi connectivity index (χ3v) is 4.49. The van der Waals surface area contributed by atoms with Gasteiger partial charge in [-0.1, -0.05) is 17.7 Å². The molecule has 1 aromatic carbocycles. The van der Waals surface area contributed by atoms with Crippen molar-refractivity contribution in [3.63, 3.8) is 0 Å². The number of nitrogens with zero attached hydrogens (tertiary/aromatic N) is 4. The van der Waals surface area contributed by atoms with Crippen LogP contribution in [0.2, 0.25) is 0 Å². The summed E-state index contributed by atoms with van der Waals surface area (Å²) in [7, 11) is 1.95. The number of thiocarbonyl (C=S) groups is 1. The molecule has 6 heteroatoms. The van der Waals surface area contributed by atoms with E-state index < -0.39 is 0 Å². The van der Waals surface area contributed by atoms with Gasteiger partial charge in [0.2, 0.25) is 0 Å². The van der Waals surface area contributed by atoms with Crippen molar-refractivity contribution in [3.05, 3.63) is 47.8 Å². The lowest BCUT2D eigenvalue weighted by Crippen LogP contribution is -2.49. The average molecular weight is 329 g/mol. The van der Waals surface area contributed by atoms with E-state index in [1.807, 2.05) is 17.9 Å². The second-order valence-electron chi connectivity index (χ2n) is 6.08. The van der Waals surface area contributed by atoms with Crippen molar-refractivity contribution >= 4 is 23.0 Å². The van der Waals surface area contributed by atoms with Crippen LogP contribution in [0, 0.1) is 6.92 Å². The van der Waals surface area contributed by atoms with Crippen molar-refractivity contribution in [2.24, 2.45) is 7.05 Å². The minimum absolute atomic E-state index is 0.815. The molecule has 1 saturated heterocycles. The maximum atomic E-state index is 5.54. The molecule has 122 valence electrons. The Morgan fingerprint density at radius 3 is 2.48 bits per heavy atom. The summed E-state index contributed by atoms with van der Waals surface area (Å²) in [5, 5.41) is 8.37. The number of rotatable bonds is 3. The zero-order valence-electron chi connectivity index (χ0n) is 13.7. The van der Waals surface area contributed by atoms with Crippen molar-refractivity contribution in [1.29, 1.82) is 0 Å². The summed E-state index contributed by atoms with van der Waals surface area (Å²) in [6, 6.07) is 8.33. The summed E-state index contributed by atoms with van der Waals surface area (Å²) in [6.07, 6.45) is 4.02. The first-order chi connectivity index (χ1) is 11.1. The third kappa shape index (κ3) is 4.30. The summed E-state index contributed by atoms with van der Waals surface area (Å²) in [5.41, 5.74) is 3.57. The quantitative estimate of drug-likeness (QED) is 0.874. The molecule has 0 radical (unpaired) electrons. The lowest BCUT2D eigenvalue weighted by Gasteiger charge is -2.36. The molecule has 1 aromatic heterocycles. The number of anilines is 1. The highest BCUT2D eigenvalue weighted by molar-refractivity contribution is 7.80. The van der Waals surface area contributed by atoms with E-state index in [0.717, 1.165) is 43.5 Å². The predicted octanol–water partition coefficient (Wildman–Crippen LogP) is 2.24. The van der Waals surface area contributed by atoms with Crippen LogP contribution in [0.5, 0.6) is 0 Å². The fourth-order valence-corrected chi connectivity index (χ4v) is 3.06. The number of hydrogen-bond acceptors (Lipinski definition) is 3. The number of aromatic nitrogens is 2. The number of aryl methyl sites for hydroxylation is 2. The number of hydrogen-bond donors (Lipinski definition) is 1. The van der Waals surface area contributed by atoms with Crippen LogP contribution < -0.4 is 5.32 Å². The summed E-state index contributed by atoms with van der Waals surface area (Å²) >= 11 is 5.54. The first-order valence-corrected chi connectivity index (χ1v) is 8.33. The molecule has 2 heterocycles. The van der Waals surface area contributed by atoms with Gasteiger partial charge < -0.3 is 10.2 Å². The van der Waals surface area contributed by atoms with Crippen LogP contribution in [-0.4, -0.2) is 50.9 Å². The molecule has 0 spiro atoms. The second-order valence-corrected chi connectivity index (χ2v) is 6.47. The Morgan fingerprint density at radius 1 is 1.17 bits per heavy atom. The third-order valence-electron chi connectivity index (χ3n) is 4.13. The van der Waals surface area contributed by atoms with Crippen LogP contribution in [0.4, 0.5) is 5.69 Å². The van der Waals surface area contributed by atoms with Gasteiger partial charge in [-0.25, -0.2) is 0 Å². The minimum atomic E-state index is 0.815. The minimum Gasteiger partial charge on any atom is -0.346 e. The zero-order chi connectivity index (χ0) is 16.2. The molecule has 0 amide bonds. The first-order valence-electron chi connectivity index (χ1n) is 7.92. The SMILES string of the molecule is Cc1ccc(NC(=S)N2CCN(Cc3cnn(C)c3)CC2)cc1. The maximum Gasteiger partial charge on any atom is 0.173 e. The van der Waals surface area contributed by atoms with Gasteiger partial charge in [-0.15, -0.1) is 0 Å². The zero-order valence-corrected chi connectivity index (χ0v) is 14.5. The van der Waals surface area contributed by atoms with Crippen LogP contribution in [0.1, 0.15) is 11.1 Å². The lowest BCUT2D eigenvalue weighted by atomic mass is 10.2. The molecule has 5 nitrogen and oxygen atoms in total. The van der Waals surface area contributed by atoms with Crippen molar-refractivity contribution < 1.29 is 0 Å². The van der Waals surface area contributed by atoms with Crippen LogP contribution in [0.25, 0.3) is 0 Å². The molecule has 0 bridgehead atoms. The number of piperazine rings is 1. The van der Waals surface area contributed by atoms with E-state index in [-0.39, 0.29) is 0 Å². The summed E-state index contributed by atoms with van der Waals surface area (Å²) in [5.74, 6) is 0. The molecule has 1 fully saturated rings. The fraction of sp³-hybridized carbons (Fsp3) is 0.412. The predicted molar refractivity (Wildman–Crippen MR) is 97.5 cm³/mol. The Balaban J connectivity index is 1.48. The van der Waals surface area contributed by atoms with Crippen molar-refractivity contribution in [3.8, 4) is 0 Å². The molecule has 0 unspecified atom stereocenters. The summed E-state index contributed by atoms with van der Waals surface area (Å²) < 4.78 is 1.85. The van der Waals surface area contributed by atoms with Gasteiger partial charge in [0, 0.05) is 57.2 Å².